The molecule has 0 amide bonds. The van der Waals surface area contributed by atoms with Crippen LogP contribution in [0.15, 0.2) is 12.2 Å². The van der Waals surface area contributed by atoms with Gasteiger partial charge in [-0.2, -0.15) is 0 Å². The molecule has 0 rings (SSSR count). The molecule has 0 bridgehead atoms. The first-order valence-electron chi connectivity index (χ1n) is 6.91. The van der Waals surface area contributed by atoms with Crippen LogP contribution in [0.4, 0.5) is 0 Å². The van der Waals surface area contributed by atoms with Crippen molar-refractivity contribution in [2.75, 3.05) is 19.8 Å². The average Bonchev–Trinajstić information content (AvgIpc) is 2.42. The average molecular weight is 288 g/mol. The van der Waals surface area contributed by atoms with Crippen molar-refractivity contribution in [2.45, 2.75) is 45.8 Å². The van der Waals surface area contributed by atoms with Gasteiger partial charge in [-0.1, -0.05) is 26.7 Å². The van der Waals surface area contributed by atoms with Crippen molar-refractivity contribution in [3.63, 3.8) is 0 Å². The Morgan fingerprint density at radius 2 is 1.60 bits per heavy atom. The zero-order chi connectivity index (χ0) is 15.2. The van der Waals surface area contributed by atoms with Crippen LogP contribution in [0.25, 0.3) is 0 Å². The van der Waals surface area contributed by atoms with Gasteiger partial charge in [0.2, 0.25) is 0 Å². The maximum atomic E-state index is 11.2. The lowest BCUT2D eigenvalue weighted by molar-refractivity contribution is -0.180. The summed E-state index contributed by atoms with van der Waals surface area (Å²) < 4.78 is 15.8. The molecule has 0 aliphatic carbocycles. The number of ether oxygens (including phenoxy) is 3. The van der Waals surface area contributed by atoms with E-state index in [0.717, 1.165) is 37.8 Å². The molecule has 0 aromatic rings. The second-order valence-electron chi connectivity index (χ2n) is 4.18. The first-order valence-corrected chi connectivity index (χ1v) is 6.91. The van der Waals surface area contributed by atoms with Crippen LogP contribution >= 0.6 is 0 Å². The molecule has 0 heterocycles. The second kappa shape index (κ2) is 12.6. The fourth-order valence-corrected chi connectivity index (χ4v) is 1.20. The number of carboxylic acids is 1. The molecule has 0 aromatic carbocycles. The molecule has 6 nitrogen and oxygen atoms in total. The number of unbranched alkanes of at least 4 members (excludes halogenated alkanes) is 2. The normalized spacial score (nSPS) is 11.2. The third kappa shape index (κ3) is 11.7. The standard InChI is InChI=1S/C14H24O6/c1-3-5-9-18-14(19-10-6-4-2)11-20-13(17)8-7-12(15)16/h7-8,14H,3-6,9-11H2,1-2H3,(H,15,16)/b8-7+. The highest BCUT2D eigenvalue weighted by Gasteiger charge is 2.11. The molecule has 0 saturated heterocycles. The van der Waals surface area contributed by atoms with Crippen LogP contribution in [-0.4, -0.2) is 43.2 Å². The Hall–Kier alpha value is -1.40. The predicted octanol–water partition coefficient (Wildman–Crippen LogP) is 2.13. The van der Waals surface area contributed by atoms with Crippen LogP contribution in [0.3, 0.4) is 0 Å². The summed E-state index contributed by atoms with van der Waals surface area (Å²) >= 11 is 0. The third-order valence-corrected chi connectivity index (χ3v) is 2.33. The zero-order valence-corrected chi connectivity index (χ0v) is 12.2. The Kier molecular flexibility index (Phi) is 11.7. The summed E-state index contributed by atoms with van der Waals surface area (Å²) in [5.74, 6) is -1.92. The van der Waals surface area contributed by atoms with Crippen LogP contribution in [0.5, 0.6) is 0 Å². The smallest absolute Gasteiger partial charge is 0.331 e. The van der Waals surface area contributed by atoms with Gasteiger partial charge >= 0.3 is 11.9 Å². The minimum absolute atomic E-state index is 0.0454. The molecule has 0 aliphatic rings. The number of hydrogen-bond acceptors (Lipinski definition) is 5. The molecule has 0 radical (unpaired) electrons. The number of carbonyl (C=O) groups is 2. The lowest BCUT2D eigenvalue weighted by Crippen LogP contribution is -2.26. The highest BCUT2D eigenvalue weighted by atomic mass is 16.7. The third-order valence-electron chi connectivity index (χ3n) is 2.33. The fraction of sp³-hybridized carbons (Fsp3) is 0.714. The van der Waals surface area contributed by atoms with Crippen molar-refractivity contribution >= 4 is 11.9 Å². The van der Waals surface area contributed by atoms with E-state index >= 15 is 0 Å². The summed E-state index contributed by atoms with van der Waals surface area (Å²) in [6, 6.07) is 0. The van der Waals surface area contributed by atoms with Gasteiger partial charge in [0, 0.05) is 25.4 Å². The topological polar surface area (TPSA) is 82.1 Å². The maximum absolute atomic E-state index is 11.2. The van der Waals surface area contributed by atoms with E-state index in [1.807, 2.05) is 13.8 Å². The summed E-state index contributed by atoms with van der Waals surface area (Å²) in [6.07, 6.45) is 4.80. The van der Waals surface area contributed by atoms with Gasteiger partial charge in [-0.05, 0) is 12.8 Å². The Morgan fingerprint density at radius 3 is 2.05 bits per heavy atom. The Morgan fingerprint density at radius 1 is 1.05 bits per heavy atom. The summed E-state index contributed by atoms with van der Waals surface area (Å²) in [6.45, 7) is 5.13. The second-order valence-corrected chi connectivity index (χ2v) is 4.18. The van der Waals surface area contributed by atoms with E-state index in [1.165, 1.54) is 0 Å². The Bertz CT molecular complexity index is 290. The lowest BCUT2D eigenvalue weighted by Gasteiger charge is -2.18. The van der Waals surface area contributed by atoms with Crippen LogP contribution in [0.1, 0.15) is 39.5 Å². The van der Waals surface area contributed by atoms with Crippen molar-refractivity contribution in [3.8, 4) is 0 Å². The first kappa shape index (κ1) is 18.6. The monoisotopic (exact) mass is 288 g/mol. The molecule has 1 N–H and O–H groups in total. The van der Waals surface area contributed by atoms with Gasteiger partial charge in [0.25, 0.3) is 0 Å². The zero-order valence-electron chi connectivity index (χ0n) is 12.2. The van der Waals surface area contributed by atoms with E-state index in [9.17, 15) is 9.59 Å². The highest BCUT2D eigenvalue weighted by molar-refractivity contribution is 5.90. The van der Waals surface area contributed by atoms with Crippen molar-refractivity contribution in [2.24, 2.45) is 0 Å². The molecular formula is C14H24O6. The molecule has 0 aliphatic heterocycles. The number of esters is 1. The SMILES string of the molecule is CCCCOC(COC(=O)/C=C/C(=O)O)OCCCC. The number of carboxylic acid groups (broad SMARTS) is 1. The van der Waals surface area contributed by atoms with Gasteiger partial charge in [-0.25, -0.2) is 9.59 Å². The maximum Gasteiger partial charge on any atom is 0.331 e. The van der Waals surface area contributed by atoms with Gasteiger partial charge in [0.05, 0.1) is 0 Å². The summed E-state index contributed by atoms with van der Waals surface area (Å²) in [5.41, 5.74) is 0. The number of carbonyl (C=O) groups excluding carboxylic acids is 1. The van der Waals surface area contributed by atoms with Crippen LogP contribution in [-0.2, 0) is 23.8 Å². The quantitative estimate of drug-likeness (QED) is 0.256. The molecule has 116 valence electrons. The van der Waals surface area contributed by atoms with Crippen LogP contribution < -0.4 is 0 Å². The van der Waals surface area contributed by atoms with E-state index in [2.05, 4.69) is 0 Å². The molecule has 0 aromatic heterocycles. The lowest BCUT2D eigenvalue weighted by atomic mass is 10.3. The van der Waals surface area contributed by atoms with Crippen molar-refractivity contribution < 1.29 is 28.9 Å². The summed E-state index contributed by atoms with van der Waals surface area (Å²) in [7, 11) is 0. The minimum Gasteiger partial charge on any atom is -0.478 e. The molecule has 20 heavy (non-hydrogen) atoms. The Labute approximate surface area is 119 Å². The molecular weight excluding hydrogens is 264 g/mol. The van der Waals surface area contributed by atoms with E-state index in [4.69, 9.17) is 19.3 Å². The Balaban J connectivity index is 4.05. The molecule has 0 atom stereocenters. The highest BCUT2D eigenvalue weighted by Crippen LogP contribution is 2.02. The molecule has 0 saturated carbocycles. The summed E-state index contributed by atoms with van der Waals surface area (Å²) in [5, 5.41) is 8.38. The molecule has 0 spiro atoms. The van der Waals surface area contributed by atoms with E-state index in [1.54, 1.807) is 0 Å². The largest absolute Gasteiger partial charge is 0.478 e. The van der Waals surface area contributed by atoms with E-state index in [-0.39, 0.29) is 6.61 Å². The first-order chi connectivity index (χ1) is 9.60. The van der Waals surface area contributed by atoms with Gasteiger partial charge in [-0.3, -0.25) is 0 Å². The predicted molar refractivity (Wildman–Crippen MR) is 73.2 cm³/mol. The number of aliphatic carboxylic acids is 1. The van der Waals surface area contributed by atoms with Crippen molar-refractivity contribution in [3.05, 3.63) is 12.2 Å². The summed E-state index contributed by atoms with van der Waals surface area (Å²) in [4.78, 5) is 21.5. The molecule has 6 heteroatoms. The number of rotatable bonds is 12. The minimum atomic E-state index is -1.20. The van der Waals surface area contributed by atoms with Gasteiger partial charge in [0.1, 0.15) is 6.61 Å². The van der Waals surface area contributed by atoms with Crippen molar-refractivity contribution in [1.82, 2.24) is 0 Å². The van der Waals surface area contributed by atoms with Gasteiger partial charge < -0.3 is 19.3 Å². The van der Waals surface area contributed by atoms with E-state index < -0.39 is 18.2 Å². The van der Waals surface area contributed by atoms with Crippen LogP contribution in [0, 0.1) is 0 Å². The van der Waals surface area contributed by atoms with Gasteiger partial charge in [0.15, 0.2) is 6.29 Å². The fourth-order valence-electron chi connectivity index (χ4n) is 1.20. The van der Waals surface area contributed by atoms with E-state index in [0.29, 0.717) is 13.2 Å². The van der Waals surface area contributed by atoms with Crippen molar-refractivity contribution in [1.29, 1.82) is 0 Å². The van der Waals surface area contributed by atoms with Crippen LogP contribution in [0.2, 0.25) is 0 Å². The number of hydrogen-bond donors (Lipinski definition) is 1. The van der Waals surface area contributed by atoms with Gasteiger partial charge in [-0.15, -0.1) is 0 Å². The molecule has 0 unspecified atom stereocenters. The molecule has 0 fully saturated rings.